The molecule has 1 heterocycles. The molecular weight excluding hydrogens is 300 g/mol. The first-order chi connectivity index (χ1) is 10.5. The zero-order valence-electron chi connectivity index (χ0n) is 13.9. The van der Waals surface area contributed by atoms with Gasteiger partial charge >= 0.3 is 0 Å². The molecular formula is C15H26N4O2S. The van der Waals surface area contributed by atoms with Crippen molar-refractivity contribution in [2.45, 2.75) is 38.8 Å². The summed E-state index contributed by atoms with van der Waals surface area (Å²) in [6.07, 6.45) is 2.59. The van der Waals surface area contributed by atoms with E-state index in [0.717, 1.165) is 19.6 Å². The Kier molecular flexibility index (Phi) is 8.19. The van der Waals surface area contributed by atoms with Gasteiger partial charge in [-0.3, -0.25) is 9.59 Å². The second-order valence-corrected chi connectivity index (χ2v) is 5.81. The standard InChI is InChI=1S/C15H26N4O2S/c1-5-19(6-2)10-9-16-13(20)8-7-12-11(3)17-15(22-4)18-14(12)21/h5-10H2,1-4H3,(H,16,20)(H,17,18,21). The lowest BCUT2D eigenvalue weighted by atomic mass is 10.1. The van der Waals surface area contributed by atoms with Gasteiger partial charge in [0.25, 0.3) is 5.56 Å². The number of thioether (sulfide) groups is 1. The molecule has 0 saturated carbocycles. The summed E-state index contributed by atoms with van der Waals surface area (Å²) in [6, 6.07) is 0. The molecule has 7 heteroatoms. The molecule has 0 saturated heterocycles. The van der Waals surface area contributed by atoms with Gasteiger partial charge in [0.15, 0.2) is 5.16 Å². The highest BCUT2D eigenvalue weighted by Crippen LogP contribution is 2.09. The first-order valence-corrected chi connectivity index (χ1v) is 8.87. The number of H-pyrrole nitrogens is 1. The molecule has 0 bridgehead atoms. The van der Waals surface area contributed by atoms with Crippen molar-refractivity contribution < 1.29 is 4.79 Å². The van der Waals surface area contributed by atoms with Gasteiger partial charge < -0.3 is 15.2 Å². The first-order valence-electron chi connectivity index (χ1n) is 7.64. The summed E-state index contributed by atoms with van der Waals surface area (Å²) >= 11 is 1.40. The summed E-state index contributed by atoms with van der Waals surface area (Å²) in [6.45, 7) is 9.46. The van der Waals surface area contributed by atoms with E-state index in [2.05, 4.69) is 34.0 Å². The van der Waals surface area contributed by atoms with E-state index in [1.807, 2.05) is 13.2 Å². The molecule has 2 N–H and O–H groups in total. The van der Waals surface area contributed by atoms with E-state index in [0.29, 0.717) is 35.8 Å². The lowest BCUT2D eigenvalue weighted by molar-refractivity contribution is -0.121. The molecule has 0 radical (unpaired) electrons. The van der Waals surface area contributed by atoms with Crippen molar-refractivity contribution in [2.24, 2.45) is 0 Å². The van der Waals surface area contributed by atoms with Gasteiger partial charge in [0.05, 0.1) is 0 Å². The maximum Gasteiger partial charge on any atom is 0.254 e. The molecule has 6 nitrogen and oxygen atoms in total. The highest BCUT2D eigenvalue weighted by atomic mass is 32.2. The van der Waals surface area contributed by atoms with Crippen molar-refractivity contribution in [3.05, 3.63) is 21.6 Å². The third-order valence-electron chi connectivity index (χ3n) is 3.64. The second kappa shape index (κ2) is 9.63. The van der Waals surface area contributed by atoms with Crippen molar-refractivity contribution in [3.8, 4) is 0 Å². The minimum atomic E-state index is -0.146. The fourth-order valence-corrected chi connectivity index (χ4v) is 2.62. The van der Waals surface area contributed by atoms with Gasteiger partial charge in [-0.1, -0.05) is 25.6 Å². The number of nitrogens with one attached hydrogen (secondary N) is 2. The Hall–Kier alpha value is -1.34. The Morgan fingerprint density at radius 1 is 1.36 bits per heavy atom. The fraction of sp³-hybridized carbons (Fsp3) is 0.667. The molecule has 1 aromatic rings. The van der Waals surface area contributed by atoms with Crippen molar-refractivity contribution in [3.63, 3.8) is 0 Å². The number of nitrogens with zero attached hydrogens (tertiary/aromatic N) is 2. The normalized spacial score (nSPS) is 11.0. The average Bonchev–Trinajstić information content (AvgIpc) is 2.50. The Morgan fingerprint density at radius 3 is 2.59 bits per heavy atom. The topological polar surface area (TPSA) is 78.1 Å². The molecule has 0 spiro atoms. The van der Waals surface area contributed by atoms with Gasteiger partial charge in [-0.2, -0.15) is 0 Å². The Morgan fingerprint density at radius 2 is 2.05 bits per heavy atom. The van der Waals surface area contributed by atoms with Crippen LogP contribution in [0, 0.1) is 6.92 Å². The van der Waals surface area contributed by atoms with Gasteiger partial charge in [-0.15, -0.1) is 0 Å². The molecule has 0 aromatic carbocycles. The molecule has 0 fully saturated rings. The molecule has 0 aliphatic rings. The van der Waals surface area contributed by atoms with Gasteiger partial charge in [0.1, 0.15) is 0 Å². The van der Waals surface area contributed by atoms with Crippen molar-refractivity contribution in [1.29, 1.82) is 0 Å². The molecule has 124 valence electrons. The Labute approximate surface area is 136 Å². The minimum Gasteiger partial charge on any atom is -0.355 e. The monoisotopic (exact) mass is 326 g/mol. The van der Waals surface area contributed by atoms with Gasteiger partial charge in [-0.25, -0.2) is 4.98 Å². The number of carbonyl (C=O) groups excluding carboxylic acids is 1. The van der Waals surface area contributed by atoms with Gasteiger partial charge in [-0.05, 0) is 32.7 Å². The Balaban J connectivity index is 2.46. The summed E-state index contributed by atoms with van der Waals surface area (Å²) in [4.78, 5) is 33.1. The number of amides is 1. The van der Waals surface area contributed by atoms with E-state index >= 15 is 0 Å². The summed E-state index contributed by atoms with van der Waals surface area (Å²) < 4.78 is 0. The van der Waals surface area contributed by atoms with Crippen LogP contribution in [0.15, 0.2) is 9.95 Å². The molecule has 0 unspecified atom stereocenters. The number of hydrogen-bond donors (Lipinski definition) is 2. The lowest BCUT2D eigenvalue weighted by Crippen LogP contribution is -2.35. The zero-order chi connectivity index (χ0) is 16.5. The van der Waals surface area contributed by atoms with Gasteiger partial charge in [0.2, 0.25) is 5.91 Å². The van der Waals surface area contributed by atoms with Crippen LogP contribution in [0.2, 0.25) is 0 Å². The number of rotatable bonds is 9. The average molecular weight is 326 g/mol. The molecule has 0 aliphatic heterocycles. The lowest BCUT2D eigenvalue weighted by Gasteiger charge is -2.17. The van der Waals surface area contributed by atoms with Crippen molar-refractivity contribution in [1.82, 2.24) is 20.2 Å². The van der Waals surface area contributed by atoms with Crippen molar-refractivity contribution in [2.75, 3.05) is 32.4 Å². The van der Waals surface area contributed by atoms with E-state index in [1.165, 1.54) is 11.8 Å². The van der Waals surface area contributed by atoms with E-state index in [9.17, 15) is 9.59 Å². The number of hydrogen-bond acceptors (Lipinski definition) is 5. The van der Waals surface area contributed by atoms with E-state index in [-0.39, 0.29) is 11.5 Å². The number of aromatic amines is 1. The number of likely N-dealkylation sites (N-methyl/N-ethyl adjacent to an activating group) is 1. The predicted molar refractivity (Wildman–Crippen MR) is 90.5 cm³/mol. The SMILES string of the molecule is CCN(CC)CCNC(=O)CCc1c(C)nc(SC)[nH]c1=O. The molecule has 22 heavy (non-hydrogen) atoms. The highest BCUT2D eigenvalue weighted by molar-refractivity contribution is 7.98. The van der Waals surface area contributed by atoms with Crippen LogP contribution < -0.4 is 10.9 Å². The van der Waals surface area contributed by atoms with Crippen molar-refractivity contribution >= 4 is 17.7 Å². The van der Waals surface area contributed by atoms with Crippen LogP contribution in [0.4, 0.5) is 0 Å². The third kappa shape index (κ3) is 5.81. The first kappa shape index (κ1) is 18.7. The van der Waals surface area contributed by atoms with Crippen LogP contribution in [0.3, 0.4) is 0 Å². The van der Waals surface area contributed by atoms with E-state index < -0.39 is 0 Å². The highest BCUT2D eigenvalue weighted by Gasteiger charge is 2.10. The molecule has 0 aliphatic carbocycles. The van der Waals surface area contributed by atoms with Crippen LogP contribution >= 0.6 is 11.8 Å². The minimum absolute atomic E-state index is 0.0279. The molecule has 1 rings (SSSR count). The van der Waals surface area contributed by atoms with Crippen LogP contribution in [0.25, 0.3) is 0 Å². The largest absolute Gasteiger partial charge is 0.355 e. The van der Waals surface area contributed by atoms with E-state index in [1.54, 1.807) is 0 Å². The summed E-state index contributed by atoms with van der Waals surface area (Å²) in [7, 11) is 0. The summed E-state index contributed by atoms with van der Waals surface area (Å²) in [5.74, 6) is -0.0279. The molecule has 1 amide bonds. The smallest absolute Gasteiger partial charge is 0.254 e. The summed E-state index contributed by atoms with van der Waals surface area (Å²) in [5.41, 5.74) is 1.15. The fourth-order valence-electron chi connectivity index (χ4n) is 2.20. The second-order valence-electron chi connectivity index (χ2n) is 5.02. The quantitative estimate of drug-likeness (QED) is 0.526. The zero-order valence-corrected chi connectivity index (χ0v) is 14.7. The molecule has 1 aromatic heterocycles. The number of aromatic nitrogens is 2. The summed E-state index contributed by atoms with van der Waals surface area (Å²) in [5, 5.41) is 3.50. The molecule has 0 atom stereocenters. The Bertz CT molecular complexity index is 541. The van der Waals surface area contributed by atoms with Crippen LogP contribution in [0.5, 0.6) is 0 Å². The van der Waals surface area contributed by atoms with Crippen LogP contribution in [-0.4, -0.2) is 53.2 Å². The maximum absolute atomic E-state index is 12.0. The van der Waals surface area contributed by atoms with Crippen LogP contribution in [0.1, 0.15) is 31.5 Å². The number of aryl methyl sites for hydroxylation is 1. The third-order valence-corrected chi connectivity index (χ3v) is 4.22. The predicted octanol–water partition coefficient (Wildman–Crippen LogP) is 1.19. The number of carbonyl (C=O) groups is 1. The van der Waals surface area contributed by atoms with E-state index in [4.69, 9.17) is 0 Å². The van der Waals surface area contributed by atoms with Gasteiger partial charge in [0, 0.05) is 30.8 Å². The maximum atomic E-state index is 12.0. The van der Waals surface area contributed by atoms with Crippen LogP contribution in [-0.2, 0) is 11.2 Å².